The van der Waals surface area contributed by atoms with Crippen molar-refractivity contribution in [3.8, 4) is 34.3 Å². The number of likely N-dealkylation sites (tertiary alicyclic amines) is 1. The number of amides is 1. The van der Waals surface area contributed by atoms with Crippen LogP contribution >= 0.6 is 0 Å². The largest absolute Gasteiger partial charge is 0.491 e. The molecule has 3 heterocycles. The van der Waals surface area contributed by atoms with Crippen LogP contribution in [0.3, 0.4) is 0 Å². The molecule has 1 saturated heterocycles. The molecule has 1 unspecified atom stereocenters. The molecule has 1 aliphatic rings. The average molecular weight is 616 g/mol. The van der Waals surface area contributed by atoms with Crippen LogP contribution in [0.25, 0.3) is 22.6 Å². The third-order valence-electron chi connectivity index (χ3n) is 7.88. The van der Waals surface area contributed by atoms with Gasteiger partial charge in [0.25, 0.3) is 0 Å². The van der Waals surface area contributed by atoms with E-state index in [1.807, 2.05) is 75.4 Å². The average Bonchev–Trinajstić information content (AvgIpc) is 3.40. The first-order valence-electron chi connectivity index (χ1n) is 15.3. The molecule has 2 aromatic carbocycles. The number of carbonyl (C=O) groups excluding carboxylic acids is 1. The lowest BCUT2D eigenvalue weighted by Crippen LogP contribution is -2.40. The molecule has 0 aliphatic carbocycles. The van der Waals surface area contributed by atoms with Crippen LogP contribution in [-0.4, -0.2) is 77.2 Å². The number of carbonyl (C=O) groups is 1. The molecule has 4 aromatic rings. The van der Waals surface area contributed by atoms with Gasteiger partial charge in [-0.05, 0) is 64.3 Å². The molecule has 0 bridgehead atoms. The number of benzene rings is 2. The summed E-state index contributed by atoms with van der Waals surface area (Å²) in [4.78, 5) is 24.2. The maximum absolute atomic E-state index is 12.6. The fourth-order valence-corrected chi connectivity index (χ4v) is 5.33. The lowest BCUT2D eigenvalue weighted by atomic mass is 9.98. The van der Waals surface area contributed by atoms with Crippen LogP contribution in [-0.2, 0) is 11.3 Å². The van der Waals surface area contributed by atoms with Crippen LogP contribution in [0.1, 0.15) is 35.4 Å². The van der Waals surface area contributed by atoms with Crippen molar-refractivity contribution >= 4 is 6.09 Å². The van der Waals surface area contributed by atoms with Crippen molar-refractivity contribution in [3.63, 3.8) is 0 Å². The van der Waals surface area contributed by atoms with Gasteiger partial charge in [0.2, 0.25) is 5.88 Å². The molecule has 0 radical (unpaired) electrons. The van der Waals surface area contributed by atoms with Crippen molar-refractivity contribution in [2.24, 2.45) is 5.92 Å². The lowest BCUT2D eigenvalue weighted by molar-refractivity contribution is 0.0757. The Labute approximate surface area is 263 Å². The Morgan fingerprint density at radius 3 is 2.56 bits per heavy atom. The van der Waals surface area contributed by atoms with Gasteiger partial charge in [0, 0.05) is 30.8 Å². The first-order chi connectivity index (χ1) is 21.8. The van der Waals surface area contributed by atoms with Crippen LogP contribution < -0.4 is 14.8 Å². The van der Waals surface area contributed by atoms with E-state index in [-0.39, 0.29) is 25.2 Å². The Kier molecular flexibility index (Phi) is 10.6. The summed E-state index contributed by atoms with van der Waals surface area (Å²) in [5.74, 6) is 2.47. The number of rotatable bonds is 12. The van der Waals surface area contributed by atoms with Crippen LogP contribution in [0.2, 0.25) is 0 Å². The Bertz CT molecular complexity index is 1550. The van der Waals surface area contributed by atoms with Crippen LogP contribution in [0.15, 0.2) is 59.1 Å². The molecule has 2 N–H and O–H groups in total. The van der Waals surface area contributed by atoms with E-state index in [1.54, 1.807) is 11.9 Å². The van der Waals surface area contributed by atoms with E-state index in [2.05, 4.69) is 10.5 Å². The van der Waals surface area contributed by atoms with E-state index in [1.165, 1.54) is 0 Å². The van der Waals surface area contributed by atoms with Gasteiger partial charge < -0.3 is 34.1 Å². The minimum atomic E-state index is -0.632. The fourth-order valence-electron chi connectivity index (χ4n) is 5.33. The maximum Gasteiger partial charge on any atom is 0.410 e. The Hall–Kier alpha value is -4.48. The second-order valence-electron chi connectivity index (χ2n) is 11.4. The van der Waals surface area contributed by atoms with Crippen molar-refractivity contribution in [2.75, 3.05) is 39.9 Å². The van der Waals surface area contributed by atoms with E-state index in [4.69, 9.17) is 28.7 Å². The molecule has 1 aliphatic heterocycles. The third-order valence-corrected chi connectivity index (χ3v) is 7.88. The summed E-state index contributed by atoms with van der Waals surface area (Å²) in [5.41, 5.74) is 4.73. The van der Waals surface area contributed by atoms with E-state index < -0.39 is 6.10 Å². The standard InChI is InChI=1S/C34H41N5O6/c1-22-31(30-23(2)38-45-24(30)3)36-32(27-11-8-12-29(17-27)42-21-28(40)18-35-4)37-33(22)43-19-26-13-15-39(16-14-26)34(41)44-20-25-9-6-5-7-10-25/h5-12,17,26,28,35,40H,13-16,18-21H2,1-4H3. The Balaban J connectivity index is 1.29. The molecule has 1 atom stereocenters. The third kappa shape index (κ3) is 8.17. The van der Waals surface area contributed by atoms with Gasteiger partial charge in [0.05, 0.1) is 23.6 Å². The second kappa shape index (κ2) is 15.0. The summed E-state index contributed by atoms with van der Waals surface area (Å²) in [7, 11) is 1.78. The summed E-state index contributed by atoms with van der Waals surface area (Å²) in [6.45, 7) is 8.20. The smallest absolute Gasteiger partial charge is 0.410 e. The number of ether oxygens (including phenoxy) is 3. The van der Waals surface area contributed by atoms with E-state index >= 15 is 0 Å². The summed E-state index contributed by atoms with van der Waals surface area (Å²) in [6, 6.07) is 17.1. The number of likely N-dealkylation sites (N-methyl/N-ethyl adjacent to an activating group) is 1. The molecule has 0 spiro atoms. The number of piperidine rings is 1. The van der Waals surface area contributed by atoms with Gasteiger partial charge >= 0.3 is 6.09 Å². The summed E-state index contributed by atoms with van der Waals surface area (Å²) in [5, 5.41) is 17.1. The van der Waals surface area contributed by atoms with Crippen molar-refractivity contribution in [1.29, 1.82) is 0 Å². The first-order valence-corrected chi connectivity index (χ1v) is 15.3. The normalized spacial score (nSPS) is 14.3. The maximum atomic E-state index is 12.6. The van der Waals surface area contributed by atoms with Gasteiger partial charge in [0.15, 0.2) is 5.82 Å². The monoisotopic (exact) mass is 615 g/mol. The molecular formula is C34H41N5O6. The minimum absolute atomic E-state index is 0.154. The van der Waals surface area contributed by atoms with E-state index in [9.17, 15) is 9.90 Å². The van der Waals surface area contributed by atoms with Crippen LogP contribution in [0.4, 0.5) is 4.79 Å². The zero-order chi connectivity index (χ0) is 31.8. The zero-order valence-corrected chi connectivity index (χ0v) is 26.3. The second-order valence-corrected chi connectivity index (χ2v) is 11.4. The van der Waals surface area contributed by atoms with Gasteiger partial charge in [-0.3, -0.25) is 0 Å². The highest BCUT2D eigenvalue weighted by atomic mass is 16.6. The van der Waals surface area contributed by atoms with E-state index in [0.29, 0.717) is 55.1 Å². The predicted octanol–water partition coefficient (Wildman–Crippen LogP) is 5.11. The Morgan fingerprint density at radius 1 is 1.07 bits per heavy atom. The lowest BCUT2D eigenvalue weighted by Gasteiger charge is -2.31. The molecule has 5 rings (SSSR count). The molecular weight excluding hydrogens is 574 g/mol. The van der Waals surface area contributed by atoms with Crippen molar-refractivity contribution in [3.05, 3.63) is 77.2 Å². The number of aliphatic hydroxyl groups excluding tert-OH is 1. The minimum Gasteiger partial charge on any atom is -0.491 e. The number of hydrogen-bond acceptors (Lipinski definition) is 10. The molecule has 11 nitrogen and oxygen atoms in total. The number of nitrogens with one attached hydrogen (secondary N) is 1. The molecule has 1 amide bonds. The van der Waals surface area contributed by atoms with Crippen LogP contribution in [0.5, 0.6) is 11.6 Å². The van der Waals surface area contributed by atoms with Crippen molar-refractivity contribution in [1.82, 2.24) is 25.3 Å². The zero-order valence-electron chi connectivity index (χ0n) is 26.3. The van der Waals surface area contributed by atoms with Crippen molar-refractivity contribution < 1.29 is 28.6 Å². The van der Waals surface area contributed by atoms with Gasteiger partial charge in [-0.1, -0.05) is 47.6 Å². The molecule has 238 valence electrons. The number of aryl methyl sites for hydroxylation is 2. The number of aromatic nitrogens is 3. The summed E-state index contributed by atoms with van der Waals surface area (Å²) >= 11 is 0. The predicted molar refractivity (Wildman–Crippen MR) is 169 cm³/mol. The molecule has 11 heteroatoms. The van der Waals surface area contributed by atoms with E-state index in [0.717, 1.165) is 40.8 Å². The Morgan fingerprint density at radius 2 is 1.84 bits per heavy atom. The van der Waals surface area contributed by atoms with Gasteiger partial charge in [0.1, 0.15) is 30.8 Å². The fraction of sp³-hybridized carbons (Fsp3) is 0.412. The summed E-state index contributed by atoms with van der Waals surface area (Å²) in [6.07, 6.45) is 0.674. The van der Waals surface area contributed by atoms with Gasteiger partial charge in [-0.25, -0.2) is 9.78 Å². The van der Waals surface area contributed by atoms with Gasteiger partial charge in [-0.2, -0.15) is 4.98 Å². The molecule has 45 heavy (non-hydrogen) atoms. The SMILES string of the molecule is CNCC(O)COc1cccc(-c2nc(OCC3CCN(C(=O)OCc4ccccc4)CC3)c(C)c(-c3c(C)noc3C)n2)c1. The van der Waals surface area contributed by atoms with Gasteiger partial charge in [-0.15, -0.1) is 0 Å². The highest BCUT2D eigenvalue weighted by molar-refractivity contribution is 5.72. The number of aliphatic hydroxyl groups is 1. The van der Waals surface area contributed by atoms with Crippen LogP contribution in [0, 0.1) is 26.7 Å². The molecule has 1 fully saturated rings. The quantitative estimate of drug-likeness (QED) is 0.222. The molecule has 2 aromatic heterocycles. The van der Waals surface area contributed by atoms with Crippen molar-refractivity contribution in [2.45, 2.75) is 46.3 Å². The highest BCUT2D eigenvalue weighted by Gasteiger charge is 2.26. The molecule has 0 saturated carbocycles. The number of nitrogens with zero attached hydrogens (tertiary/aromatic N) is 4. The highest BCUT2D eigenvalue weighted by Crippen LogP contribution is 2.35. The topological polar surface area (TPSA) is 132 Å². The summed E-state index contributed by atoms with van der Waals surface area (Å²) < 4.78 is 23.2. The number of hydrogen-bond donors (Lipinski definition) is 2. The first kappa shape index (κ1) is 31.9.